The van der Waals surface area contributed by atoms with Gasteiger partial charge in [0.15, 0.2) is 5.92 Å². The minimum absolute atomic E-state index is 0.115. The molecule has 9 heteroatoms. The van der Waals surface area contributed by atoms with E-state index in [1.54, 1.807) is 13.0 Å². The normalized spacial score (nSPS) is 22.6. The molecule has 2 aliphatic rings. The van der Waals surface area contributed by atoms with Crippen molar-refractivity contribution in [3.63, 3.8) is 0 Å². The van der Waals surface area contributed by atoms with Crippen LogP contribution in [0, 0.1) is 16.0 Å². The van der Waals surface area contributed by atoms with Gasteiger partial charge in [0.1, 0.15) is 6.04 Å². The Bertz CT molecular complexity index is 773. The third kappa shape index (κ3) is 4.07. The quantitative estimate of drug-likeness (QED) is 0.372. The highest BCUT2D eigenvalue weighted by Gasteiger charge is 2.42. The number of piperidine rings is 1. The predicted octanol–water partition coefficient (Wildman–Crippen LogP) is 1.79. The van der Waals surface area contributed by atoms with Gasteiger partial charge in [-0.25, -0.2) is 4.99 Å². The maximum Gasteiger partial charge on any atom is 0.321 e. The first-order valence-corrected chi connectivity index (χ1v) is 9.06. The molecule has 0 radical (unpaired) electrons. The maximum atomic E-state index is 12.7. The first-order chi connectivity index (χ1) is 13.0. The summed E-state index contributed by atoms with van der Waals surface area (Å²) in [6, 6.07) is 5.01. The summed E-state index contributed by atoms with van der Waals surface area (Å²) in [6.07, 6.45) is 3.12. The van der Waals surface area contributed by atoms with Crippen molar-refractivity contribution in [2.45, 2.75) is 32.2 Å². The molecular formula is C18H22N4O5. The Hall–Kier alpha value is -2.97. The Balaban J connectivity index is 2.01. The van der Waals surface area contributed by atoms with Crippen LogP contribution < -0.4 is 5.32 Å². The molecule has 1 saturated heterocycles. The molecule has 0 bridgehead atoms. The summed E-state index contributed by atoms with van der Waals surface area (Å²) in [5, 5.41) is 13.8. The summed E-state index contributed by atoms with van der Waals surface area (Å²) in [5.74, 6) is -1.95. The number of non-ortho nitro benzene ring substituents is 1. The van der Waals surface area contributed by atoms with Crippen LogP contribution in [0.15, 0.2) is 29.3 Å². The lowest BCUT2D eigenvalue weighted by molar-refractivity contribution is -0.384. The van der Waals surface area contributed by atoms with Gasteiger partial charge in [-0.1, -0.05) is 12.1 Å². The van der Waals surface area contributed by atoms with E-state index in [0.29, 0.717) is 11.5 Å². The summed E-state index contributed by atoms with van der Waals surface area (Å²) in [5.41, 5.74) is 0.322. The van der Waals surface area contributed by atoms with Crippen molar-refractivity contribution in [2.75, 3.05) is 19.7 Å². The Morgan fingerprint density at radius 2 is 2.11 bits per heavy atom. The number of likely N-dealkylation sites (tertiary alicyclic amines) is 1. The molecule has 2 atom stereocenters. The van der Waals surface area contributed by atoms with Crippen LogP contribution in [-0.2, 0) is 14.3 Å². The van der Waals surface area contributed by atoms with E-state index in [4.69, 9.17) is 4.74 Å². The van der Waals surface area contributed by atoms with E-state index in [0.717, 1.165) is 32.4 Å². The van der Waals surface area contributed by atoms with Gasteiger partial charge in [0, 0.05) is 25.2 Å². The second kappa shape index (κ2) is 8.15. The Kier molecular flexibility index (Phi) is 5.68. The molecule has 2 aliphatic heterocycles. The Morgan fingerprint density at radius 3 is 2.78 bits per heavy atom. The third-order valence-corrected chi connectivity index (χ3v) is 4.71. The van der Waals surface area contributed by atoms with Crippen molar-refractivity contribution >= 4 is 23.5 Å². The maximum absolute atomic E-state index is 12.7. The number of nitrogens with one attached hydrogen (secondary N) is 1. The van der Waals surface area contributed by atoms with Gasteiger partial charge in [-0.3, -0.25) is 25.0 Å². The molecule has 1 aromatic rings. The van der Waals surface area contributed by atoms with Crippen molar-refractivity contribution in [1.82, 2.24) is 10.2 Å². The number of aliphatic imine (C=N–C) groups is 1. The molecule has 0 spiro atoms. The van der Waals surface area contributed by atoms with Gasteiger partial charge in [-0.2, -0.15) is 0 Å². The van der Waals surface area contributed by atoms with Crippen molar-refractivity contribution < 1.29 is 19.2 Å². The Morgan fingerprint density at radius 1 is 1.37 bits per heavy atom. The fraction of sp³-hybridized carbons (Fsp3) is 0.500. The van der Waals surface area contributed by atoms with Crippen molar-refractivity contribution in [1.29, 1.82) is 0 Å². The number of ether oxygens (including phenoxy) is 1. The molecule has 0 aliphatic carbocycles. The molecule has 1 fully saturated rings. The van der Waals surface area contributed by atoms with E-state index < -0.39 is 28.8 Å². The van der Waals surface area contributed by atoms with Crippen molar-refractivity contribution in [3.8, 4) is 0 Å². The van der Waals surface area contributed by atoms with Crippen molar-refractivity contribution in [3.05, 3.63) is 39.9 Å². The van der Waals surface area contributed by atoms with Crippen LogP contribution in [0.2, 0.25) is 0 Å². The first-order valence-electron chi connectivity index (χ1n) is 9.06. The lowest BCUT2D eigenvalue weighted by Gasteiger charge is -2.35. The van der Waals surface area contributed by atoms with E-state index in [2.05, 4.69) is 10.3 Å². The lowest BCUT2D eigenvalue weighted by atomic mass is 9.91. The monoisotopic (exact) mass is 374 g/mol. The number of nitro benzene ring substituents is 1. The molecule has 0 unspecified atom stereocenters. The average Bonchev–Trinajstić information content (AvgIpc) is 2.68. The molecule has 1 amide bonds. The van der Waals surface area contributed by atoms with Crippen LogP contribution in [0.4, 0.5) is 5.69 Å². The zero-order chi connectivity index (χ0) is 19.4. The van der Waals surface area contributed by atoms with E-state index >= 15 is 0 Å². The van der Waals surface area contributed by atoms with Crippen molar-refractivity contribution in [2.24, 2.45) is 10.9 Å². The van der Waals surface area contributed by atoms with Gasteiger partial charge in [-0.05, 0) is 31.7 Å². The second-order valence-corrected chi connectivity index (χ2v) is 6.52. The summed E-state index contributed by atoms with van der Waals surface area (Å²) >= 11 is 0. The van der Waals surface area contributed by atoms with E-state index in [-0.39, 0.29) is 12.3 Å². The number of amides is 1. The molecule has 3 rings (SSSR count). The molecule has 27 heavy (non-hydrogen) atoms. The van der Waals surface area contributed by atoms with Crippen LogP contribution in [0.1, 0.15) is 37.8 Å². The number of nitrogens with zero attached hydrogens (tertiary/aromatic N) is 3. The number of hydrogen-bond donors (Lipinski definition) is 1. The van der Waals surface area contributed by atoms with Gasteiger partial charge in [-0.15, -0.1) is 0 Å². The molecule has 9 nitrogen and oxygen atoms in total. The van der Waals surface area contributed by atoms with Gasteiger partial charge in [0.2, 0.25) is 11.9 Å². The summed E-state index contributed by atoms with van der Waals surface area (Å²) in [7, 11) is 0. The standard InChI is InChI=1S/C18H22N4O5/c1-2-27-17(24)14-15(12-7-6-8-13(11-12)22(25)26)19-18(20-16(14)23)21-9-4-3-5-10-21/h6-8,11,14-15H,2-5,9-10H2,1H3,(H,19,20,23)/t14-,15+/m0/s1. The molecule has 0 saturated carbocycles. The number of carbonyl (C=O) groups is 2. The van der Waals surface area contributed by atoms with Crippen LogP contribution in [0.5, 0.6) is 0 Å². The number of benzene rings is 1. The molecule has 144 valence electrons. The molecule has 0 aromatic heterocycles. The summed E-state index contributed by atoms with van der Waals surface area (Å²) < 4.78 is 5.05. The minimum Gasteiger partial charge on any atom is -0.465 e. The first kappa shape index (κ1) is 18.8. The highest BCUT2D eigenvalue weighted by molar-refractivity contribution is 6.08. The van der Waals surface area contributed by atoms with Crippen LogP contribution in [0.25, 0.3) is 0 Å². The summed E-state index contributed by atoms with van der Waals surface area (Å²) in [6.45, 7) is 3.33. The fourth-order valence-electron chi connectivity index (χ4n) is 3.39. The molecule has 2 heterocycles. The predicted molar refractivity (Wildman–Crippen MR) is 97.0 cm³/mol. The SMILES string of the molecule is CCOC(=O)[C@@H]1C(=O)NC(N2CCCCC2)=N[C@@H]1c1cccc([N+](=O)[O-])c1. The second-order valence-electron chi connectivity index (χ2n) is 6.52. The number of hydrogen-bond acceptors (Lipinski definition) is 7. The highest BCUT2D eigenvalue weighted by atomic mass is 16.6. The Labute approximate surface area is 156 Å². The summed E-state index contributed by atoms with van der Waals surface area (Å²) in [4.78, 5) is 42.3. The average molecular weight is 374 g/mol. The highest BCUT2D eigenvalue weighted by Crippen LogP contribution is 2.32. The van der Waals surface area contributed by atoms with Gasteiger partial charge < -0.3 is 9.64 Å². The molecule has 1 aromatic carbocycles. The van der Waals surface area contributed by atoms with Gasteiger partial charge in [0.25, 0.3) is 5.69 Å². The number of esters is 1. The van der Waals surface area contributed by atoms with Crippen LogP contribution in [-0.4, -0.2) is 47.4 Å². The van der Waals surface area contributed by atoms with Crippen LogP contribution in [0.3, 0.4) is 0 Å². The van der Waals surface area contributed by atoms with Gasteiger partial charge in [0.05, 0.1) is 11.5 Å². The molecule has 1 N–H and O–H groups in total. The number of rotatable bonds is 4. The molecular weight excluding hydrogens is 352 g/mol. The lowest BCUT2D eigenvalue weighted by Crippen LogP contribution is -2.53. The zero-order valence-electron chi connectivity index (χ0n) is 15.1. The topological polar surface area (TPSA) is 114 Å². The van der Waals surface area contributed by atoms with E-state index in [1.807, 2.05) is 4.90 Å². The van der Waals surface area contributed by atoms with E-state index in [1.165, 1.54) is 18.2 Å². The number of nitro groups is 1. The number of carbonyl (C=O) groups excluding carboxylic acids is 2. The third-order valence-electron chi connectivity index (χ3n) is 4.71. The van der Waals surface area contributed by atoms with E-state index in [9.17, 15) is 19.7 Å². The number of guanidine groups is 1. The van der Waals surface area contributed by atoms with Gasteiger partial charge >= 0.3 is 5.97 Å². The smallest absolute Gasteiger partial charge is 0.321 e. The fourth-order valence-corrected chi connectivity index (χ4v) is 3.39. The minimum atomic E-state index is -1.18. The van der Waals surface area contributed by atoms with Crippen LogP contribution >= 0.6 is 0 Å². The zero-order valence-corrected chi connectivity index (χ0v) is 15.1. The largest absolute Gasteiger partial charge is 0.465 e.